The lowest BCUT2D eigenvalue weighted by Gasteiger charge is -1.92. The van der Waals surface area contributed by atoms with Gasteiger partial charge in [-0.3, -0.25) is 0 Å². The summed E-state index contributed by atoms with van der Waals surface area (Å²) in [6, 6.07) is 10.4. The zero-order valence-electron chi connectivity index (χ0n) is 6.86. The van der Waals surface area contributed by atoms with Crippen LogP contribution in [-0.2, 0) is 6.42 Å². The minimum Gasteiger partial charge on any atom is -0.753 e. The molecule has 0 heterocycles. The molecule has 0 saturated carbocycles. The first kappa shape index (κ1) is 11.0. The van der Waals surface area contributed by atoms with Crippen molar-refractivity contribution in [2.24, 2.45) is 0 Å². The molecule has 3 N–H and O–H groups in total. The van der Waals surface area contributed by atoms with E-state index in [4.69, 9.17) is 5.41 Å². The summed E-state index contributed by atoms with van der Waals surface area (Å²) in [6.07, 6.45) is 1.10. The van der Waals surface area contributed by atoms with E-state index in [1.165, 1.54) is 10.7 Å². The van der Waals surface area contributed by atoms with Gasteiger partial charge >= 0.3 is 0 Å². The molecule has 1 aromatic carbocycles. The monoisotopic (exact) mass is 180 g/mol. The molecule has 0 aliphatic heterocycles. The van der Waals surface area contributed by atoms with Crippen molar-refractivity contribution in [2.45, 2.75) is 6.42 Å². The second-order valence-electron chi connectivity index (χ2n) is 2.18. The molecule has 0 fully saturated rings. The number of nitrogens with zero attached hydrogens (tertiary/aromatic N) is 1. The highest BCUT2D eigenvalue weighted by Crippen LogP contribution is 1.96. The summed E-state index contributed by atoms with van der Waals surface area (Å²) in [5, 5.41) is 8.47. The topological polar surface area (TPSA) is 49.9 Å². The molecule has 0 atom stereocenters. The third-order valence-corrected chi connectivity index (χ3v) is 1.31. The summed E-state index contributed by atoms with van der Waals surface area (Å²) in [5.41, 5.74) is 5.16. The predicted octanol–water partition coefficient (Wildman–Crippen LogP) is 1.13. The zero-order chi connectivity index (χ0) is 9.23. The van der Waals surface area contributed by atoms with E-state index in [1.807, 2.05) is 6.07 Å². The molecule has 0 aliphatic rings. The Morgan fingerprint density at radius 2 is 1.83 bits per heavy atom. The second kappa shape index (κ2) is 8.08. The third-order valence-electron chi connectivity index (χ3n) is 1.31. The maximum Gasteiger partial charge on any atom is 0.0780 e. The van der Waals surface area contributed by atoms with E-state index in [0.29, 0.717) is 0 Å². The zero-order valence-corrected chi connectivity index (χ0v) is 7.68. The Morgan fingerprint density at radius 3 is 2.25 bits per heavy atom. The Kier molecular flexibility index (Phi) is 7.39. The van der Waals surface area contributed by atoms with Gasteiger partial charge in [0.15, 0.2) is 0 Å². The van der Waals surface area contributed by atoms with Crippen molar-refractivity contribution in [2.75, 3.05) is 6.54 Å². The van der Waals surface area contributed by atoms with E-state index in [0.717, 1.165) is 13.0 Å². The first-order valence-corrected chi connectivity index (χ1v) is 4.10. The minimum absolute atomic E-state index is 0.990. The van der Waals surface area contributed by atoms with Crippen LogP contribution >= 0.6 is 12.2 Å². The van der Waals surface area contributed by atoms with Gasteiger partial charge in [0.1, 0.15) is 0 Å². The molecule has 0 aromatic heterocycles. The Labute approximate surface area is 77.9 Å². The lowest BCUT2D eigenvalue weighted by molar-refractivity contribution is -0.366. The normalized spacial score (nSPS) is 7.75. The van der Waals surface area contributed by atoms with E-state index in [-0.39, 0.29) is 0 Å². The average molecular weight is 180 g/mol. The van der Waals surface area contributed by atoms with Crippen molar-refractivity contribution >= 4 is 17.4 Å². The maximum absolute atomic E-state index is 7.13. The number of quaternary nitrogens is 1. The van der Waals surface area contributed by atoms with Crippen molar-refractivity contribution in [3.8, 4) is 0 Å². The summed E-state index contributed by atoms with van der Waals surface area (Å²) in [4.78, 5) is 0. The molecule has 0 saturated heterocycles. The highest BCUT2D eigenvalue weighted by molar-refractivity contribution is 7.78. The van der Waals surface area contributed by atoms with Crippen LogP contribution in [0.15, 0.2) is 30.3 Å². The molecule has 64 valence electrons. The van der Waals surface area contributed by atoms with Crippen molar-refractivity contribution in [1.29, 1.82) is 0 Å². The predicted molar refractivity (Wildman–Crippen MR) is 53.9 cm³/mol. The van der Waals surface area contributed by atoms with E-state index < -0.39 is 0 Å². The van der Waals surface area contributed by atoms with Crippen LogP contribution in [-0.4, -0.2) is 11.7 Å². The van der Waals surface area contributed by atoms with E-state index in [1.54, 1.807) is 0 Å². The summed E-state index contributed by atoms with van der Waals surface area (Å²) in [7, 11) is 0. The molecular weight excluding hydrogens is 168 g/mol. The van der Waals surface area contributed by atoms with Crippen molar-refractivity contribution in [1.82, 2.24) is 0 Å². The first-order chi connectivity index (χ1) is 5.85. The van der Waals surface area contributed by atoms with Gasteiger partial charge in [-0.1, -0.05) is 42.5 Å². The maximum atomic E-state index is 7.13. The van der Waals surface area contributed by atoms with Gasteiger partial charge in [0.2, 0.25) is 0 Å². The van der Waals surface area contributed by atoms with Crippen LogP contribution in [0.1, 0.15) is 5.56 Å². The van der Waals surface area contributed by atoms with Gasteiger partial charge in [-0.25, -0.2) is 0 Å². The van der Waals surface area contributed by atoms with Crippen LogP contribution in [0.25, 0.3) is 5.41 Å². The molecule has 0 radical (unpaired) electrons. The highest BCUT2D eigenvalue weighted by Gasteiger charge is 1.86. The quantitative estimate of drug-likeness (QED) is 0.538. The van der Waals surface area contributed by atoms with Gasteiger partial charge in [-0.2, -0.15) is 5.16 Å². The number of thiocarbonyl (C=S) groups is 1. The van der Waals surface area contributed by atoms with Crippen molar-refractivity contribution in [3.63, 3.8) is 0 Å². The fraction of sp³-hybridized carbons (Fsp3) is 0.222. The van der Waals surface area contributed by atoms with Crippen LogP contribution in [0.5, 0.6) is 0 Å². The molecule has 1 aromatic rings. The van der Waals surface area contributed by atoms with Crippen LogP contribution in [0, 0.1) is 0 Å². The average Bonchev–Trinajstić information content (AvgIpc) is 2.08. The van der Waals surface area contributed by atoms with Gasteiger partial charge in [0, 0.05) is 6.42 Å². The fourth-order valence-electron chi connectivity index (χ4n) is 0.849. The summed E-state index contributed by atoms with van der Waals surface area (Å²) in [6.45, 7) is 0.990. The van der Waals surface area contributed by atoms with Gasteiger partial charge in [-0.05, 0) is 5.56 Å². The van der Waals surface area contributed by atoms with Crippen LogP contribution in [0.4, 0.5) is 0 Å². The Morgan fingerprint density at radius 1 is 1.33 bits per heavy atom. The van der Waals surface area contributed by atoms with Crippen molar-refractivity contribution < 1.29 is 5.73 Å². The van der Waals surface area contributed by atoms with E-state index in [2.05, 4.69) is 42.2 Å². The Hall–Kier alpha value is -1.02. The summed E-state index contributed by atoms with van der Waals surface area (Å²) < 4.78 is 0. The number of isothiocyanates is 1. The molecule has 3 heteroatoms. The standard InChI is InChI=1S/C8H11N.CNS/c9-7-6-8-4-2-1-3-5-8;2-1-3/h1-5H,6-7,9H2;/q;-1/p+1. The molecule has 0 unspecified atom stereocenters. The number of rotatable bonds is 2. The first-order valence-electron chi connectivity index (χ1n) is 3.69. The van der Waals surface area contributed by atoms with Crippen LogP contribution in [0.2, 0.25) is 0 Å². The van der Waals surface area contributed by atoms with E-state index >= 15 is 0 Å². The Balaban J connectivity index is 0.000000354. The largest absolute Gasteiger partial charge is 0.753 e. The second-order valence-corrected chi connectivity index (χ2v) is 2.36. The molecule has 0 bridgehead atoms. The smallest absolute Gasteiger partial charge is 0.0780 e. The van der Waals surface area contributed by atoms with Crippen LogP contribution in [0.3, 0.4) is 0 Å². The summed E-state index contributed by atoms with van der Waals surface area (Å²) in [5.74, 6) is 0. The number of benzene rings is 1. The number of hydrogen-bond acceptors (Lipinski definition) is 1. The SMILES string of the molecule is [N-]=C=S.[NH3+]CCc1ccccc1. The van der Waals surface area contributed by atoms with Crippen LogP contribution < -0.4 is 5.73 Å². The molecule has 2 nitrogen and oxygen atoms in total. The van der Waals surface area contributed by atoms with Gasteiger partial charge < -0.3 is 11.1 Å². The fourth-order valence-corrected chi connectivity index (χ4v) is 0.849. The molecule has 0 aliphatic carbocycles. The molecule has 1 rings (SSSR count). The molecule has 0 amide bonds. The molecule has 0 spiro atoms. The molecule has 12 heavy (non-hydrogen) atoms. The van der Waals surface area contributed by atoms with Gasteiger partial charge in [0.05, 0.1) is 6.54 Å². The summed E-state index contributed by atoms with van der Waals surface area (Å²) >= 11 is 3.70. The lowest BCUT2D eigenvalue weighted by Crippen LogP contribution is -2.51. The van der Waals surface area contributed by atoms with Gasteiger partial charge in [0.25, 0.3) is 0 Å². The Bertz CT molecular complexity index is 228. The minimum atomic E-state index is 0.990. The third kappa shape index (κ3) is 5.74. The lowest BCUT2D eigenvalue weighted by atomic mass is 10.2. The highest BCUT2D eigenvalue weighted by atomic mass is 32.1. The van der Waals surface area contributed by atoms with Gasteiger partial charge in [-0.15, -0.1) is 0 Å². The van der Waals surface area contributed by atoms with Crippen molar-refractivity contribution in [3.05, 3.63) is 41.3 Å². The van der Waals surface area contributed by atoms with E-state index in [9.17, 15) is 0 Å². The number of hydrogen-bond donors (Lipinski definition) is 1. The molecular formula is C9H12N2S.